The van der Waals surface area contributed by atoms with Crippen LogP contribution in [0.2, 0.25) is 0 Å². The molecule has 5 heteroatoms. The van der Waals surface area contributed by atoms with Gasteiger partial charge in [-0.25, -0.2) is 0 Å². The minimum Gasteiger partial charge on any atom is -0.454 e. The van der Waals surface area contributed by atoms with Crippen LogP contribution >= 0.6 is 31.9 Å². The lowest BCUT2D eigenvalue weighted by Crippen LogP contribution is -2.07. The van der Waals surface area contributed by atoms with Crippen LogP contribution in [-0.4, -0.2) is 5.54 Å². The van der Waals surface area contributed by atoms with E-state index >= 15 is 0 Å². The number of benzene rings is 2. The maximum atomic E-state index is 5.94. The summed E-state index contributed by atoms with van der Waals surface area (Å²) in [5, 5.41) is 8.65. The van der Waals surface area contributed by atoms with Crippen molar-refractivity contribution in [3.63, 3.8) is 0 Å². The van der Waals surface area contributed by atoms with Crippen LogP contribution in [0, 0.1) is 0 Å². The van der Waals surface area contributed by atoms with Gasteiger partial charge < -0.3 is 4.74 Å². The molecule has 110 valence electrons. The van der Waals surface area contributed by atoms with Gasteiger partial charge in [-0.2, -0.15) is 10.2 Å². The summed E-state index contributed by atoms with van der Waals surface area (Å²) in [5.74, 6) is 1.41. The van der Waals surface area contributed by atoms with Gasteiger partial charge in [0.1, 0.15) is 11.4 Å². The maximum Gasteiger partial charge on any atom is 0.169 e. The van der Waals surface area contributed by atoms with Crippen LogP contribution in [0.5, 0.6) is 11.5 Å². The van der Waals surface area contributed by atoms with Crippen molar-refractivity contribution in [3.8, 4) is 11.5 Å². The van der Waals surface area contributed by atoms with Gasteiger partial charge >= 0.3 is 0 Å². The van der Waals surface area contributed by atoms with Gasteiger partial charge in [0.25, 0.3) is 0 Å². The highest BCUT2D eigenvalue weighted by Gasteiger charge is 2.13. The molecule has 0 saturated heterocycles. The minimum atomic E-state index is -0.237. The maximum absolute atomic E-state index is 5.94. The van der Waals surface area contributed by atoms with Crippen molar-refractivity contribution < 1.29 is 4.74 Å². The normalized spacial score (nSPS) is 11.9. The van der Waals surface area contributed by atoms with Crippen LogP contribution < -0.4 is 4.74 Å². The van der Waals surface area contributed by atoms with Crippen molar-refractivity contribution in [2.45, 2.75) is 26.3 Å². The van der Waals surface area contributed by atoms with Crippen molar-refractivity contribution in [1.82, 2.24) is 0 Å². The Labute approximate surface area is 141 Å². The molecule has 0 N–H and O–H groups in total. The first kappa shape index (κ1) is 16.2. The molecule has 0 unspecified atom stereocenters. The molecule has 0 bridgehead atoms. The van der Waals surface area contributed by atoms with Gasteiger partial charge in [0.05, 0.1) is 10.0 Å². The highest BCUT2D eigenvalue weighted by Crippen LogP contribution is 2.41. The van der Waals surface area contributed by atoms with Gasteiger partial charge in [0.15, 0.2) is 5.75 Å². The van der Waals surface area contributed by atoms with E-state index in [1.54, 1.807) is 0 Å². The number of halogens is 2. The zero-order chi connectivity index (χ0) is 15.5. The Morgan fingerprint density at radius 1 is 1.00 bits per heavy atom. The SMILES string of the molecule is CC(C)(C)N=Nc1cc(Br)cc(Br)c1Oc1ccccc1. The Morgan fingerprint density at radius 2 is 1.67 bits per heavy atom. The summed E-state index contributed by atoms with van der Waals surface area (Å²) in [6.07, 6.45) is 0. The molecular weight excluding hydrogens is 396 g/mol. The molecule has 0 heterocycles. The van der Waals surface area contributed by atoms with Crippen molar-refractivity contribution >= 4 is 37.5 Å². The van der Waals surface area contributed by atoms with Gasteiger partial charge in [0.2, 0.25) is 0 Å². The number of hydrogen-bond acceptors (Lipinski definition) is 3. The van der Waals surface area contributed by atoms with Crippen LogP contribution in [-0.2, 0) is 0 Å². The Hall–Kier alpha value is -1.20. The third-order valence-electron chi connectivity index (χ3n) is 2.41. The highest BCUT2D eigenvalue weighted by atomic mass is 79.9. The predicted octanol–water partition coefficient (Wildman–Crippen LogP) is 6.89. The smallest absolute Gasteiger partial charge is 0.169 e. The quantitative estimate of drug-likeness (QED) is 0.506. The summed E-state index contributed by atoms with van der Waals surface area (Å²) in [5.41, 5.74) is 0.439. The lowest BCUT2D eigenvalue weighted by Gasteiger charge is -2.13. The third kappa shape index (κ3) is 4.93. The molecular formula is C16H16Br2N2O. The lowest BCUT2D eigenvalue weighted by atomic mass is 10.1. The van der Waals surface area contributed by atoms with E-state index in [0.29, 0.717) is 11.4 Å². The largest absolute Gasteiger partial charge is 0.454 e. The molecule has 0 saturated carbocycles. The average Bonchev–Trinajstić information content (AvgIpc) is 2.40. The van der Waals surface area contributed by atoms with E-state index in [2.05, 4.69) is 42.1 Å². The Kier molecular flexibility index (Phi) is 5.17. The van der Waals surface area contributed by atoms with Crippen LogP contribution in [0.3, 0.4) is 0 Å². The molecule has 0 aliphatic heterocycles. The number of azo groups is 1. The molecule has 0 aliphatic carbocycles. The molecule has 0 spiro atoms. The number of rotatable bonds is 3. The Morgan fingerprint density at radius 3 is 2.29 bits per heavy atom. The fraction of sp³-hybridized carbons (Fsp3) is 0.250. The van der Waals surface area contributed by atoms with Gasteiger partial charge in [0, 0.05) is 4.47 Å². The second-order valence-electron chi connectivity index (χ2n) is 5.52. The third-order valence-corrected chi connectivity index (χ3v) is 3.46. The minimum absolute atomic E-state index is 0.237. The van der Waals surface area contributed by atoms with Crippen molar-refractivity contribution in [2.75, 3.05) is 0 Å². The van der Waals surface area contributed by atoms with E-state index < -0.39 is 0 Å². The molecule has 21 heavy (non-hydrogen) atoms. The van der Waals surface area contributed by atoms with Gasteiger partial charge in [-0.05, 0) is 61.0 Å². The molecule has 0 atom stereocenters. The summed E-state index contributed by atoms with van der Waals surface area (Å²) in [6.45, 7) is 6.00. The van der Waals surface area contributed by atoms with E-state index in [9.17, 15) is 0 Å². The van der Waals surface area contributed by atoms with Crippen LogP contribution in [0.15, 0.2) is 61.6 Å². The van der Waals surface area contributed by atoms with Crippen molar-refractivity contribution in [2.24, 2.45) is 10.2 Å². The molecule has 3 nitrogen and oxygen atoms in total. The van der Waals surface area contributed by atoms with E-state index in [0.717, 1.165) is 14.7 Å². The van der Waals surface area contributed by atoms with E-state index in [1.807, 2.05) is 63.2 Å². The fourth-order valence-corrected chi connectivity index (χ4v) is 2.82. The van der Waals surface area contributed by atoms with E-state index in [4.69, 9.17) is 4.74 Å². The first-order chi connectivity index (χ1) is 9.85. The number of nitrogens with zero attached hydrogens (tertiary/aromatic N) is 2. The van der Waals surface area contributed by atoms with Gasteiger partial charge in [-0.1, -0.05) is 34.1 Å². The first-order valence-electron chi connectivity index (χ1n) is 6.50. The summed E-state index contributed by atoms with van der Waals surface area (Å²) in [6, 6.07) is 13.4. The molecule has 0 radical (unpaired) electrons. The van der Waals surface area contributed by atoms with Gasteiger partial charge in [-0.15, -0.1) is 0 Å². The predicted molar refractivity (Wildman–Crippen MR) is 92.6 cm³/mol. The highest BCUT2D eigenvalue weighted by molar-refractivity contribution is 9.11. The molecule has 0 aromatic heterocycles. The van der Waals surface area contributed by atoms with Crippen molar-refractivity contribution in [3.05, 3.63) is 51.4 Å². The molecule has 2 aromatic carbocycles. The summed E-state index contributed by atoms with van der Waals surface area (Å²) in [7, 11) is 0. The van der Waals surface area contributed by atoms with Gasteiger partial charge in [-0.3, -0.25) is 0 Å². The van der Waals surface area contributed by atoms with Crippen LogP contribution in [0.25, 0.3) is 0 Å². The monoisotopic (exact) mass is 410 g/mol. The number of ether oxygens (including phenoxy) is 1. The number of para-hydroxylation sites is 1. The molecule has 2 aromatic rings. The molecule has 0 fully saturated rings. The first-order valence-corrected chi connectivity index (χ1v) is 8.08. The zero-order valence-corrected chi connectivity index (χ0v) is 15.3. The van der Waals surface area contributed by atoms with Crippen molar-refractivity contribution in [1.29, 1.82) is 0 Å². The van der Waals surface area contributed by atoms with Crippen LogP contribution in [0.1, 0.15) is 20.8 Å². The summed E-state index contributed by atoms with van der Waals surface area (Å²) < 4.78 is 7.68. The summed E-state index contributed by atoms with van der Waals surface area (Å²) >= 11 is 6.99. The topological polar surface area (TPSA) is 34.0 Å². The van der Waals surface area contributed by atoms with E-state index in [1.165, 1.54) is 0 Å². The molecule has 0 amide bonds. The second kappa shape index (κ2) is 6.71. The lowest BCUT2D eigenvalue weighted by molar-refractivity contribution is 0.478. The van der Waals surface area contributed by atoms with Crippen LogP contribution in [0.4, 0.5) is 5.69 Å². The second-order valence-corrected chi connectivity index (χ2v) is 7.29. The fourth-order valence-electron chi connectivity index (χ4n) is 1.53. The Balaban J connectivity index is 2.41. The zero-order valence-electron chi connectivity index (χ0n) is 12.1. The molecule has 2 rings (SSSR count). The number of hydrogen-bond donors (Lipinski definition) is 0. The summed E-state index contributed by atoms with van der Waals surface area (Å²) in [4.78, 5) is 0. The Bertz CT molecular complexity index is 649. The standard InChI is InChI=1S/C16H16Br2N2O/c1-16(2,3)20-19-14-10-11(17)9-13(18)15(14)21-12-7-5-4-6-8-12/h4-10H,1-3H3. The average molecular weight is 412 g/mol. The molecule has 0 aliphatic rings. The van der Waals surface area contributed by atoms with E-state index in [-0.39, 0.29) is 5.54 Å².